The smallest absolute Gasteiger partial charge is 0.171 e. The van der Waals surface area contributed by atoms with Crippen molar-refractivity contribution in [3.05, 3.63) is 57.6 Å². The van der Waals surface area contributed by atoms with E-state index >= 15 is 0 Å². The maximum absolute atomic E-state index is 8.68. The van der Waals surface area contributed by atoms with Gasteiger partial charge < -0.3 is 15.7 Å². The summed E-state index contributed by atoms with van der Waals surface area (Å²) in [4.78, 5) is 0. The molecule has 0 bridgehead atoms. The predicted molar refractivity (Wildman–Crippen MR) is 82.6 cm³/mol. The molecule has 2 aromatic carbocycles. The molecule has 2 aromatic rings. The summed E-state index contributed by atoms with van der Waals surface area (Å²) in [5.41, 5.74) is 8.57. The first-order valence-electron chi connectivity index (χ1n) is 6.04. The van der Waals surface area contributed by atoms with Gasteiger partial charge in [-0.25, -0.2) is 0 Å². The molecule has 0 unspecified atom stereocenters. The lowest BCUT2D eigenvalue weighted by Gasteiger charge is -2.10. The highest BCUT2D eigenvalue weighted by molar-refractivity contribution is 9.10. The van der Waals surface area contributed by atoms with Crippen molar-refractivity contribution < 1.29 is 9.94 Å². The first-order valence-corrected chi connectivity index (χ1v) is 6.83. The molecule has 0 amide bonds. The normalized spacial score (nSPS) is 11.4. The second kappa shape index (κ2) is 5.96. The van der Waals surface area contributed by atoms with Crippen molar-refractivity contribution in [2.45, 2.75) is 13.8 Å². The molecule has 3 N–H and O–H groups in total. The number of rotatable bonds is 3. The van der Waals surface area contributed by atoms with Crippen LogP contribution in [0.15, 0.2) is 46.0 Å². The van der Waals surface area contributed by atoms with Gasteiger partial charge in [-0.1, -0.05) is 11.2 Å². The lowest BCUT2D eigenvalue weighted by molar-refractivity contribution is 0.318. The number of hydrogen-bond acceptors (Lipinski definition) is 3. The summed E-state index contributed by atoms with van der Waals surface area (Å²) in [6.07, 6.45) is 0. The Morgan fingerprint density at radius 2 is 1.75 bits per heavy atom. The summed E-state index contributed by atoms with van der Waals surface area (Å²) in [5.74, 6) is 1.50. The number of benzene rings is 2. The van der Waals surface area contributed by atoms with Crippen LogP contribution < -0.4 is 10.5 Å². The van der Waals surface area contributed by atoms with Crippen molar-refractivity contribution in [3.8, 4) is 11.5 Å². The first-order chi connectivity index (χ1) is 9.51. The van der Waals surface area contributed by atoms with Gasteiger partial charge in [0.25, 0.3) is 0 Å². The monoisotopic (exact) mass is 334 g/mol. The molecule has 0 fully saturated rings. The van der Waals surface area contributed by atoms with Gasteiger partial charge in [0.2, 0.25) is 0 Å². The van der Waals surface area contributed by atoms with E-state index in [0.29, 0.717) is 15.8 Å². The third kappa shape index (κ3) is 3.11. The number of aryl methyl sites for hydroxylation is 2. The van der Waals surface area contributed by atoms with Crippen molar-refractivity contribution in [2.24, 2.45) is 10.9 Å². The molecule has 0 aromatic heterocycles. The van der Waals surface area contributed by atoms with E-state index in [9.17, 15) is 0 Å². The van der Waals surface area contributed by atoms with E-state index < -0.39 is 0 Å². The second-order valence-electron chi connectivity index (χ2n) is 4.48. The molecule has 5 heteroatoms. The van der Waals surface area contributed by atoms with Crippen LogP contribution in [0.25, 0.3) is 0 Å². The molecule has 0 heterocycles. The SMILES string of the molecule is Cc1ccc(Oc2ccc(/C(N)=N/O)c(Br)c2)cc1C. The first kappa shape index (κ1) is 14.4. The standard InChI is InChI=1S/C15H15BrN2O2/c1-9-3-4-11(7-10(9)2)20-12-5-6-13(14(16)8-12)15(17)18-19/h3-8,19H,1-2H3,(H2,17,18). The molecule has 0 saturated heterocycles. The molecule has 0 radical (unpaired) electrons. The van der Waals surface area contributed by atoms with Crippen LogP contribution in [-0.4, -0.2) is 11.0 Å². The Hall–Kier alpha value is -2.01. The molecular formula is C15H15BrN2O2. The fraction of sp³-hybridized carbons (Fsp3) is 0.133. The topological polar surface area (TPSA) is 67.8 Å². The minimum absolute atomic E-state index is 0.0506. The van der Waals surface area contributed by atoms with Crippen molar-refractivity contribution in [1.29, 1.82) is 0 Å². The van der Waals surface area contributed by atoms with Crippen molar-refractivity contribution in [1.82, 2.24) is 0 Å². The molecule has 0 spiro atoms. The van der Waals surface area contributed by atoms with Gasteiger partial charge in [-0.3, -0.25) is 0 Å². The zero-order valence-corrected chi connectivity index (χ0v) is 12.8. The number of ether oxygens (including phenoxy) is 1. The zero-order valence-electron chi connectivity index (χ0n) is 11.2. The number of hydrogen-bond donors (Lipinski definition) is 2. The van der Waals surface area contributed by atoms with Crippen LogP contribution in [0.1, 0.15) is 16.7 Å². The van der Waals surface area contributed by atoms with E-state index in [0.717, 1.165) is 5.75 Å². The molecule has 2 rings (SSSR count). The Morgan fingerprint density at radius 1 is 1.10 bits per heavy atom. The Labute approximate surface area is 126 Å². The highest BCUT2D eigenvalue weighted by Gasteiger charge is 2.07. The summed E-state index contributed by atoms with van der Waals surface area (Å²) in [7, 11) is 0. The lowest BCUT2D eigenvalue weighted by atomic mass is 10.1. The molecule has 0 aliphatic carbocycles. The molecule has 0 saturated carbocycles. The van der Waals surface area contributed by atoms with E-state index in [-0.39, 0.29) is 5.84 Å². The average molecular weight is 335 g/mol. The quantitative estimate of drug-likeness (QED) is 0.386. The van der Waals surface area contributed by atoms with Gasteiger partial charge in [-0.05, 0) is 71.2 Å². The Balaban J connectivity index is 2.26. The number of nitrogens with zero attached hydrogens (tertiary/aromatic N) is 1. The van der Waals surface area contributed by atoms with E-state index in [2.05, 4.69) is 28.0 Å². The largest absolute Gasteiger partial charge is 0.457 e. The predicted octanol–water partition coefficient (Wildman–Crippen LogP) is 3.95. The Bertz CT molecular complexity index is 669. The van der Waals surface area contributed by atoms with Crippen LogP contribution in [0.2, 0.25) is 0 Å². The van der Waals surface area contributed by atoms with Gasteiger partial charge in [0.05, 0.1) is 0 Å². The third-order valence-electron chi connectivity index (χ3n) is 3.04. The molecule has 104 valence electrons. The third-order valence-corrected chi connectivity index (χ3v) is 3.69. The minimum atomic E-state index is 0.0506. The molecule has 20 heavy (non-hydrogen) atoms. The van der Waals surface area contributed by atoms with Crippen molar-refractivity contribution >= 4 is 21.8 Å². The number of amidine groups is 1. The van der Waals surface area contributed by atoms with E-state index in [4.69, 9.17) is 15.7 Å². The van der Waals surface area contributed by atoms with Crippen LogP contribution >= 0.6 is 15.9 Å². The van der Waals surface area contributed by atoms with Gasteiger partial charge in [0, 0.05) is 10.0 Å². The van der Waals surface area contributed by atoms with Gasteiger partial charge >= 0.3 is 0 Å². The molecule has 0 aliphatic rings. The lowest BCUT2D eigenvalue weighted by Crippen LogP contribution is -2.13. The van der Waals surface area contributed by atoms with Crippen LogP contribution in [0.4, 0.5) is 0 Å². The molecule has 4 nitrogen and oxygen atoms in total. The fourth-order valence-corrected chi connectivity index (χ4v) is 2.30. The van der Waals surface area contributed by atoms with Gasteiger partial charge in [-0.15, -0.1) is 0 Å². The highest BCUT2D eigenvalue weighted by Crippen LogP contribution is 2.28. The minimum Gasteiger partial charge on any atom is -0.457 e. The summed E-state index contributed by atoms with van der Waals surface area (Å²) in [5, 5.41) is 11.7. The maximum atomic E-state index is 8.68. The number of nitrogens with two attached hydrogens (primary N) is 1. The summed E-state index contributed by atoms with van der Waals surface area (Å²) in [6.45, 7) is 4.10. The molecule has 0 aliphatic heterocycles. The zero-order chi connectivity index (χ0) is 14.7. The summed E-state index contributed by atoms with van der Waals surface area (Å²) in [6, 6.07) is 11.2. The molecule has 0 atom stereocenters. The average Bonchev–Trinajstić information content (AvgIpc) is 2.42. The number of halogens is 1. The summed E-state index contributed by atoms with van der Waals surface area (Å²) < 4.78 is 6.49. The number of oxime groups is 1. The highest BCUT2D eigenvalue weighted by atomic mass is 79.9. The summed E-state index contributed by atoms with van der Waals surface area (Å²) >= 11 is 3.38. The van der Waals surface area contributed by atoms with Gasteiger partial charge in [-0.2, -0.15) is 0 Å². The van der Waals surface area contributed by atoms with Crippen LogP contribution in [-0.2, 0) is 0 Å². The van der Waals surface area contributed by atoms with Gasteiger partial charge in [0.15, 0.2) is 5.84 Å². The van der Waals surface area contributed by atoms with E-state index in [1.807, 2.05) is 25.1 Å². The second-order valence-corrected chi connectivity index (χ2v) is 5.33. The van der Waals surface area contributed by atoms with E-state index in [1.54, 1.807) is 18.2 Å². The van der Waals surface area contributed by atoms with Crippen LogP contribution in [0.5, 0.6) is 11.5 Å². The van der Waals surface area contributed by atoms with Crippen molar-refractivity contribution in [3.63, 3.8) is 0 Å². The van der Waals surface area contributed by atoms with Crippen LogP contribution in [0, 0.1) is 13.8 Å². The molecular weight excluding hydrogens is 320 g/mol. The van der Waals surface area contributed by atoms with E-state index in [1.165, 1.54) is 11.1 Å². The van der Waals surface area contributed by atoms with Crippen molar-refractivity contribution in [2.75, 3.05) is 0 Å². The van der Waals surface area contributed by atoms with Crippen LogP contribution in [0.3, 0.4) is 0 Å². The Kier molecular flexibility index (Phi) is 4.29. The van der Waals surface area contributed by atoms with Gasteiger partial charge in [0.1, 0.15) is 11.5 Å². The maximum Gasteiger partial charge on any atom is 0.171 e. The Morgan fingerprint density at radius 3 is 2.35 bits per heavy atom. The fourth-order valence-electron chi connectivity index (χ4n) is 1.73.